The van der Waals surface area contributed by atoms with Crippen molar-refractivity contribution < 1.29 is 0 Å². The van der Waals surface area contributed by atoms with Gasteiger partial charge in [-0.1, -0.05) is 6.07 Å². The van der Waals surface area contributed by atoms with Crippen molar-refractivity contribution in [3.8, 4) is 5.82 Å². The minimum absolute atomic E-state index is 0.448. The van der Waals surface area contributed by atoms with E-state index in [9.17, 15) is 0 Å². The van der Waals surface area contributed by atoms with Gasteiger partial charge in [-0.25, -0.2) is 15.0 Å². The van der Waals surface area contributed by atoms with Crippen molar-refractivity contribution in [3.63, 3.8) is 0 Å². The summed E-state index contributed by atoms with van der Waals surface area (Å²) in [4.78, 5) is 16.1. The summed E-state index contributed by atoms with van der Waals surface area (Å²) in [6.45, 7) is 7.67. The van der Waals surface area contributed by atoms with Crippen LogP contribution in [-0.4, -0.2) is 46.2 Å². The molecule has 0 saturated carbocycles. The summed E-state index contributed by atoms with van der Waals surface area (Å²) in [7, 11) is 0. The SMILES string of the molecule is CCNC(=NCc1ccc(-n2ccnc2C)nc1)NC1CCN(c2cccs2)CC1. The number of hydrogen-bond donors (Lipinski definition) is 2. The van der Waals surface area contributed by atoms with Crippen molar-refractivity contribution in [2.45, 2.75) is 39.3 Å². The molecule has 0 unspecified atom stereocenters. The lowest BCUT2D eigenvalue weighted by atomic mass is 10.1. The van der Waals surface area contributed by atoms with Crippen molar-refractivity contribution in [1.29, 1.82) is 0 Å². The van der Waals surface area contributed by atoms with Crippen LogP contribution in [0.1, 0.15) is 31.2 Å². The number of anilines is 1. The summed E-state index contributed by atoms with van der Waals surface area (Å²) in [6.07, 6.45) is 7.83. The lowest BCUT2D eigenvalue weighted by Gasteiger charge is -2.33. The summed E-state index contributed by atoms with van der Waals surface area (Å²) in [5.41, 5.74) is 1.08. The van der Waals surface area contributed by atoms with Gasteiger partial charge < -0.3 is 15.5 Å². The van der Waals surface area contributed by atoms with Gasteiger partial charge in [0.1, 0.15) is 11.6 Å². The summed E-state index contributed by atoms with van der Waals surface area (Å²) in [5.74, 6) is 2.68. The van der Waals surface area contributed by atoms with E-state index in [0.29, 0.717) is 12.6 Å². The Morgan fingerprint density at radius 1 is 1.23 bits per heavy atom. The summed E-state index contributed by atoms with van der Waals surface area (Å²) >= 11 is 1.82. The smallest absolute Gasteiger partial charge is 0.191 e. The third-order valence-electron chi connectivity index (χ3n) is 5.30. The van der Waals surface area contributed by atoms with Crippen LogP contribution in [0.15, 0.2) is 53.2 Å². The molecule has 158 valence electrons. The third kappa shape index (κ3) is 4.99. The fourth-order valence-corrected chi connectivity index (χ4v) is 4.44. The maximum atomic E-state index is 4.78. The van der Waals surface area contributed by atoms with Gasteiger partial charge in [-0.3, -0.25) is 4.57 Å². The number of aromatic nitrogens is 3. The van der Waals surface area contributed by atoms with Crippen molar-refractivity contribution in [2.24, 2.45) is 4.99 Å². The number of nitrogens with zero attached hydrogens (tertiary/aromatic N) is 5. The molecular formula is C22H29N7S. The van der Waals surface area contributed by atoms with Gasteiger partial charge in [0, 0.05) is 44.3 Å². The van der Waals surface area contributed by atoms with Crippen LogP contribution in [-0.2, 0) is 6.54 Å². The first-order valence-corrected chi connectivity index (χ1v) is 11.4. The lowest BCUT2D eigenvalue weighted by molar-refractivity contribution is 0.463. The van der Waals surface area contributed by atoms with Gasteiger partial charge in [0.15, 0.2) is 5.96 Å². The molecule has 1 fully saturated rings. The van der Waals surface area contributed by atoms with Gasteiger partial charge in [-0.15, -0.1) is 11.3 Å². The first-order chi connectivity index (χ1) is 14.7. The van der Waals surface area contributed by atoms with Crippen LogP contribution < -0.4 is 15.5 Å². The average molecular weight is 424 g/mol. The highest BCUT2D eigenvalue weighted by atomic mass is 32.1. The van der Waals surface area contributed by atoms with Crippen molar-refractivity contribution >= 4 is 22.3 Å². The minimum Gasteiger partial charge on any atom is -0.363 e. The molecule has 0 bridgehead atoms. The fraction of sp³-hybridized carbons (Fsp3) is 0.409. The van der Waals surface area contributed by atoms with E-state index in [1.165, 1.54) is 5.00 Å². The number of aryl methyl sites for hydroxylation is 1. The minimum atomic E-state index is 0.448. The monoisotopic (exact) mass is 423 g/mol. The van der Waals surface area contributed by atoms with E-state index in [-0.39, 0.29) is 0 Å². The second-order valence-electron chi connectivity index (χ2n) is 7.42. The number of guanidine groups is 1. The zero-order chi connectivity index (χ0) is 20.8. The van der Waals surface area contributed by atoms with Gasteiger partial charge in [0.2, 0.25) is 0 Å². The number of imidazole rings is 1. The Balaban J connectivity index is 1.33. The van der Waals surface area contributed by atoms with E-state index < -0.39 is 0 Å². The fourth-order valence-electron chi connectivity index (χ4n) is 3.65. The second kappa shape index (κ2) is 9.75. The van der Waals surface area contributed by atoms with Crippen LogP contribution in [0.4, 0.5) is 5.00 Å². The van der Waals surface area contributed by atoms with Gasteiger partial charge >= 0.3 is 0 Å². The van der Waals surface area contributed by atoms with Crippen LogP contribution in [0.2, 0.25) is 0 Å². The van der Waals surface area contributed by atoms with E-state index in [2.05, 4.69) is 56.0 Å². The highest BCUT2D eigenvalue weighted by molar-refractivity contribution is 7.14. The summed E-state index contributed by atoms with van der Waals surface area (Å²) in [5, 5.41) is 10.5. The molecule has 3 aromatic heterocycles. The molecule has 8 heteroatoms. The molecule has 3 aromatic rings. The molecule has 0 amide bonds. The highest BCUT2D eigenvalue weighted by Gasteiger charge is 2.20. The molecule has 0 radical (unpaired) electrons. The maximum absolute atomic E-state index is 4.78. The summed E-state index contributed by atoms with van der Waals surface area (Å²) < 4.78 is 1.97. The van der Waals surface area contributed by atoms with Crippen LogP contribution >= 0.6 is 11.3 Å². The molecule has 1 aliphatic rings. The van der Waals surface area contributed by atoms with Gasteiger partial charge in [-0.2, -0.15) is 0 Å². The number of nitrogens with one attached hydrogen (secondary N) is 2. The van der Waals surface area contributed by atoms with Crippen molar-refractivity contribution in [1.82, 2.24) is 25.2 Å². The average Bonchev–Trinajstić information content (AvgIpc) is 3.45. The van der Waals surface area contributed by atoms with Crippen LogP contribution in [0.3, 0.4) is 0 Å². The molecule has 30 heavy (non-hydrogen) atoms. The first kappa shape index (κ1) is 20.4. The zero-order valence-corrected chi connectivity index (χ0v) is 18.4. The Morgan fingerprint density at radius 3 is 2.73 bits per heavy atom. The van der Waals surface area contributed by atoms with Crippen molar-refractivity contribution in [3.05, 3.63) is 59.6 Å². The van der Waals surface area contributed by atoms with Gasteiger partial charge in [0.25, 0.3) is 0 Å². The van der Waals surface area contributed by atoms with E-state index in [0.717, 1.165) is 55.6 Å². The van der Waals surface area contributed by atoms with Gasteiger partial charge in [0.05, 0.1) is 11.5 Å². The van der Waals surface area contributed by atoms with Crippen LogP contribution in [0.25, 0.3) is 5.82 Å². The Bertz CT molecular complexity index is 938. The Kier molecular flexibility index (Phi) is 6.63. The summed E-state index contributed by atoms with van der Waals surface area (Å²) in [6, 6.07) is 8.87. The predicted molar refractivity (Wildman–Crippen MR) is 124 cm³/mol. The Hall–Kier alpha value is -2.87. The standard InChI is InChI=1S/C22H29N7S/c1-3-23-22(27-19-8-11-28(12-9-19)21-5-4-14-30-21)26-16-18-6-7-20(25-15-18)29-13-10-24-17(29)2/h4-7,10,13-15,19H,3,8-9,11-12,16H2,1-2H3,(H2,23,26,27). The van der Waals surface area contributed by atoms with E-state index in [4.69, 9.17) is 4.99 Å². The molecule has 0 aromatic carbocycles. The topological polar surface area (TPSA) is 70.4 Å². The van der Waals surface area contributed by atoms with E-state index in [1.807, 2.05) is 41.3 Å². The molecule has 0 aliphatic carbocycles. The molecule has 4 heterocycles. The van der Waals surface area contributed by atoms with E-state index >= 15 is 0 Å². The molecule has 4 rings (SSSR count). The normalized spacial score (nSPS) is 15.4. The molecule has 1 aliphatic heterocycles. The molecule has 0 spiro atoms. The molecule has 1 saturated heterocycles. The maximum Gasteiger partial charge on any atom is 0.191 e. The van der Waals surface area contributed by atoms with Crippen LogP contribution in [0, 0.1) is 6.92 Å². The highest BCUT2D eigenvalue weighted by Crippen LogP contribution is 2.24. The first-order valence-electron chi connectivity index (χ1n) is 10.5. The number of hydrogen-bond acceptors (Lipinski definition) is 5. The second-order valence-corrected chi connectivity index (χ2v) is 8.35. The zero-order valence-electron chi connectivity index (χ0n) is 17.6. The predicted octanol–water partition coefficient (Wildman–Crippen LogP) is 3.36. The molecule has 2 N–H and O–H groups in total. The number of piperidine rings is 1. The third-order valence-corrected chi connectivity index (χ3v) is 6.23. The molecule has 7 nitrogen and oxygen atoms in total. The van der Waals surface area contributed by atoms with Crippen LogP contribution in [0.5, 0.6) is 0 Å². The number of thiophene rings is 1. The van der Waals surface area contributed by atoms with Crippen molar-refractivity contribution in [2.75, 3.05) is 24.5 Å². The number of aliphatic imine (C=N–C) groups is 1. The van der Waals surface area contributed by atoms with Gasteiger partial charge in [-0.05, 0) is 55.8 Å². The number of rotatable bonds is 6. The molecular weight excluding hydrogens is 394 g/mol. The quantitative estimate of drug-likeness (QED) is 0.470. The molecule has 0 atom stereocenters. The lowest BCUT2D eigenvalue weighted by Crippen LogP contribution is -2.48. The Morgan fingerprint density at radius 2 is 2.10 bits per heavy atom. The van der Waals surface area contributed by atoms with E-state index in [1.54, 1.807) is 6.20 Å². The largest absolute Gasteiger partial charge is 0.363 e. The Labute approximate surface area is 181 Å². The number of pyridine rings is 1.